The maximum absolute atomic E-state index is 13.9. The van der Waals surface area contributed by atoms with Crippen molar-refractivity contribution in [2.45, 2.75) is 129 Å². The zero-order valence-corrected chi connectivity index (χ0v) is 23.1. The summed E-state index contributed by atoms with van der Waals surface area (Å²) in [5, 5.41) is 0. The van der Waals surface area contributed by atoms with Crippen LogP contribution in [0.2, 0.25) is 0 Å². The summed E-state index contributed by atoms with van der Waals surface area (Å²) in [6.45, 7) is 3.39. The van der Waals surface area contributed by atoms with Crippen LogP contribution in [0.25, 0.3) is 0 Å². The fourth-order valence-electron chi connectivity index (χ4n) is 3.66. The predicted octanol–water partition coefficient (Wildman–Crippen LogP) is 12.2. The highest BCUT2D eigenvalue weighted by Gasteiger charge is 2.99. The van der Waals surface area contributed by atoms with Gasteiger partial charge in [-0.05, 0) is 19.3 Å². The molecule has 0 fully saturated rings. The van der Waals surface area contributed by atoms with Crippen molar-refractivity contribution in [1.82, 2.24) is 0 Å². The molecule has 48 heavy (non-hydrogen) atoms. The van der Waals surface area contributed by atoms with Crippen LogP contribution in [0.4, 0.5) is 110 Å². The normalized spacial score (nSPS) is 16.0. The summed E-state index contributed by atoms with van der Waals surface area (Å²) in [6, 6.07) is 0. The van der Waals surface area contributed by atoms with Crippen molar-refractivity contribution in [3.8, 4) is 0 Å². The largest absolute Gasteiger partial charge is 0.460 e. The second-order valence-electron chi connectivity index (χ2n) is 10.2. The third-order valence-corrected chi connectivity index (χ3v) is 6.76. The van der Waals surface area contributed by atoms with E-state index in [1.165, 1.54) is 6.08 Å². The average Bonchev–Trinajstić information content (AvgIpc) is 2.90. The molecule has 288 valence electrons. The molecule has 0 rings (SSSR count). The fraction of sp³-hybridized carbons (Fsp3) is 0.913. The summed E-state index contributed by atoms with van der Waals surface area (Å²) in [7, 11) is 0. The highest BCUT2D eigenvalue weighted by Crippen LogP contribution is 2.67. The van der Waals surface area contributed by atoms with Crippen LogP contribution in [0.15, 0.2) is 12.7 Å². The van der Waals surface area contributed by atoms with Gasteiger partial charge in [-0.1, -0.05) is 38.2 Å². The molecule has 0 spiro atoms. The number of hydrogen-bond acceptors (Lipinski definition) is 0. The second kappa shape index (κ2) is 13.6. The molecule has 0 aliphatic carbocycles. The van der Waals surface area contributed by atoms with Gasteiger partial charge < -0.3 is 0 Å². The Morgan fingerprint density at radius 3 is 0.792 bits per heavy atom. The van der Waals surface area contributed by atoms with Gasteiger partial charge in [0.15, 0.2) is 0 Å². The Bertz CT molecular complexity index is 1070. The van der Waals surface area contributed by atoms with E-state index in [1.54, 1.807) is 0 Å². The molecule has 0 radical (unpaired) electrons. The Labute approximate surface area is 252 Å². The van der Waals surface area contributed by atoms with Gasteiger partial charge in [-0.2, -0.15) is 110 Å². The smallest absolute Gasteiger partial charge is 0.200 e. The van der Waals surface area contributed by atoms with Gasteiger partial charge in [0.1, 0.15) is 0 Å². The Morgan fingerprint density at radius 1 is 0.292 bits per heavy atom. The Hall–Kier alpha value is -2.01. The Kier molecular flexibility index (Phi) is 13.0. The lowest BCUT2D eigenvalue weighted by molar-refractivity contribution is -0.482. The van der Waals surface area contributed by atoms with Gasteiger partial charge in [0, 0.05) is 6.42 Å². The lowest BCUT2D eigenvalue weighted by Crippen LogP contribution is -2.78. The highest BCUT2D eigenvalue weighted by atomic mass is 19.4. The van der Waals surface area contributed by atoms with Crippen LogP contribution in [0.1, 0.15) is 57.8 Å². The summed E-state index contributed by atoms with van der Waals surface area (Å²) in [6.07, 6.45) is -9.11. The van der Waals surface area contributed by atoms with Crippen LogP contribution in [0, 0.1) is 0 Å². The Balaban J connectivity index is 6.62. The maximum atomic E-state index is 13.9. The van der Waals surface area contributed by atoms with Gasteiger partial charge in [-0.3, -0.25) is 0 Å². The number of halogens is 25. The first-order valence-electron chi connectivity index (χ1n) is 12.6. The molecule has 0 bridgehead atoms. The topological polar surface area (TPSA) is 0 Å². The molecule has 0 unspecified atom stereocenters. The minimum atomic E-state index is -9.57. The minimum absolute atomic E-state index is 0.130. The second-order valence-corrected chi connectivity index (χ2v) is 10.2. The van der Waals surface area contributed by atoms with Crippen LogP contribution in [-0.2, 0) is 0 Å². The number of rotatable bonds is 20. The van der Waals surface area contributed by atoms with Gasteiger partial charge >= 0.3 is 71.3 Å². The zero-order valence-electron chi connectivity index (χ0n) is 23.1. The van der Waals surface area contributed by atoms with E-state index < -0.39 is 90.6 Å². The summed E-state index contributed by atoms with van der Waals surface area (Å²) in [5.74, 6) is -97.7. The zero-order chi connectivity index (χ0) is 39.1. The van der Waals surface area contributed by atoms with E-state index >= 15 is 0 Å². The highest BCUT2D eigenvalue weighted by molar-refractivity contribution is 5.19. The molecule has 0 heterocycles. The van der Waals surface area contributed by atoms with Crippen LogP contribution in [0.3, 0.4) is 0 Å². The van der Waals surface area contributed by atoms with Gasteiger partial charge in [-0.15, -0.1) is 6.58 Å². The number of unbranched alkanes of at least 4 members (excludes halogenated alkanes) is 7. The van der Waals surface area contributed by atoms with Crippen LogP contribution in [-0.4, -0.2) is 71.3 Å². The molecule has 25 heteroatoms. The molecule has 0 aliphatic rings. The van der Waals surface area contributed by atoms with Crippen LogP contribution < -0.4 is 0 Å². The van der Waals surface area contributed by atoms with Crippen LogP contribution in [0.5, 0.6) is 0 Å². The fourth-order valence-corrected chi connectivity index (χ4v) is 3.66. The van der Waals surface area contributed by atoms with Crippen LogP contribution >= 0.6 is 0 Å². The van der Waals surface area contributed by atoms with E-state index in [0.29, 0.717) is 25.7 Å². The van der Waals surface area contributed by atoms with E-state index in [4.69, 9.17) is 0 Å². The molecular weight excluding hydrogens is 751 g/mol. The van der Waals surface area contributed by atoms with E-state index in [-0.39, 0.29) is 12.8 Å². The molecule has 0 aromatic rings. The van der Waals surface area contributed by atoms with Crippen molar-refractivity contribution in [3.63, 3.8) is 0 Å². The first-order valence-corrected chi connectivity index (χ1v) is 12.6. The van der Waals surface area contributed by atoms with Crippen molar-refractivity contribution in [2.24, 2.45) is 0 Å². The van der Waals surface area contributed by atoms with Crippen molar-refractivity contribution in [3.05, 3.63) is 12.7 Å². The molecule has 0 N–H and O–H groups in total. The van der Waals surface area contributed by atoms with Crippen molar-refractivity contribution >= 4 is 0 Å². The van der Waals surface area contributed by atoms with E-state index in [0.717, 1.165) is 0 Å². The quantitative estimate of drug-likeness (QED) is 0.0657. The molecule has 0 amide bonds. The van der Waals surface area contributed by atoms with E-state index in [1.807, 2.05) is 0 Å². The summed E-state index contributed by atoms with van der Waals surface area (Å²) >= 11 is 0. The standard InChI is InChI=1S/C23H21F25/c1-2-3-4-5-6-7-8-9-10-11-12(24,25)13(26,27)14(28,29)15(30,31)16(32,33)17(34,35)18(36,37)19(38,39)20(40,41)21(42,43)22(44,45)23(46,47)48/h2H,1,3-11H2. The lowest BCUT2D eigenvalue weighted by atomic mass is 9.84. The first kappa shape index (κ1) is 46.0. The molecular formula is C23H21F25. The molecule has 0 aromatic heterocycles. The monoisotopic (exact) mass is 772 g/mol. The molecule has 0 saturated carbocycles. The van der Waals surface area contributed by atoms with Crippen molar-refractivity contribution < 1.29 is 110 Å². The van der Waals surface area contributed by atoms with Gasteiger partial charge in [-0.25, -0.2) is 0 Å². The number of allylic oxidation sites excluding steroid dienone is 1. The first-order chi connectivity index (χ1) is 20.8. The minimum Gasteiger partial charge on any atom is -0.200 e. The average molecular weight is 772 g/mol. The summed E-state index contributed by atoms with van der Waals surface area (Å²) < 4.78 is 337. The SMILES string of the molecule is C=CCCCCCCCCCC(F)(F)C(F)(F)C(F)(F)C(F)(F)C(F)(F)C(F)(F)C(F)(F)C(F)(F)C(F)(F)C(F)(F)C(F)(F)C(F)(F)F. The van der Waals surface area contributed by atoms with Crippen molar-refractivity contribution in [2.75, 3.05) is 0 Å². The number of hydrogen-bond donors (Lipinski definition) is 0. The molecule has 0 aromatic carbocycles. The molecule has 0 nitrogen and oxygen atoms in total. The van der Waals surface area contributed by atoms with Gasteiger partial charge in [0.2, 0.25) is 0 Å². The third-order valence-electron chi connectivity index (χ3n) is 6.76. The molecule has 0 atom stereocenters. The third kappa shape index (κ3) is 6.84. The predicted molar refractivity (Wildman–Crippen MR) is 112 cm³/mol. The molecule has 0 aliphatic heterocycles. The van der Waals surface area contributed by atoms with Gasteiger partial charge in [0.25, 0.3) is 0 Å². The summed E-state index contributed by atoms with van der Waals surface area (Å²) in [4.78, 5) is 0. The van der Waals surface area contributed by atoms with E-state index in [9.17, 15) is 110 Å². The van der Waals surface area contributed by atoms with Gasteiger partial charge in [0.05, 0.1) is 0 Å². The van der Waals surface area contributed by atoms with Crippen molar-refractivity contribution in [1.29, 1.82) is 0 Å². The summed E-state index contributed by atoms with van der Waals surface area (Å²) in [5.41, 5.74) is 0. The Morgan fingerprint density at radius 2 is 0.521 bits per heavy atom. The van der Waals surface area contributed by atoms with E-state index in [2.05, 4.69) is 6.58 Å². The molecule has 0 saturated heterocycles. The maximum Gasteiger partial charge on any atom is 0.460 e. The lowest BCUT2D eigenvalue weighted by Gasteiger charge is -2.45. The number of alkyl halides is 25.